The molecule has 5 heterocycles. The van der Waals surface area contributed by atoms with E-state index >= 15 is 0 Å². The van der Waals surface area contributed by atoms with E-state index in [0.29, 0.717) is 29.2 Å². The number of aryl methyl sites for hydroxylation is 1. The highest BCUT2D eigenvalue weighted by molar-refractivity contribution is 5.74. The summed E-state index contributed by atoms with van der Waals surface area (Å²) in [7, 11) is 1.87. The summed E-state index contributed by atoms with van der Waals surface area (Å²) >= 11 is 0. The number of hydrogen-bond acceptors (Lipinski definition) is 7. The Morgan fingerprint density at radius 3 is 2.70 bits per heavy atom. The van der Waals surface area contributed by atoms with Crippen molar-refractivity contribution in [1.29, 1.82) is 0 Å². The van der Waals surface area contributed by atoms with Gasteiger partial charge in [-0.15, -0.1) is 5.10 Å². The van der Waals surface area contributed by atoms with Crippen LogP contribution in [0.4, 0.5) is 11.8 Å². The Hall–Kier alpha value is -4.21. The predicted octanol–water partition coefficient (Wildman–Crippen LogP) is 2.61. The summed E-state index contributed by atoms with van der Waals surface area (Å²) in [5.74, 6) is 1.45. The van der Waals surface area contributed by atoms with Crippen molar-refractivity contribution in [3.05, 3.63) is 71.7 Å². The summed E-state index contributed by atoms with van der Waals surface area (Å²) in [5, 5.41) is 11.4. The molecule has 10 nitrogen and oxygen atoms in total. The molecule has 10 heteroatoms. The van der Waals surface area contributed by atoms with Gasteiger partial charge in [0.2, 0.25) is 5.95 Å². The van der Waals surface area contributed by atoms with Crippen LogP contribution in [0.25, 0.3) is 22.4 Å². The number of hydrogen-bond donors (Lipinski definition) is 2. The number of aromatic nitrogens is 7. The molecule has 0 saturated heterocycles. The topological polar surface area (TPSA) is 107 Å². The standard InChI is InChI=1S/C23H23N9O/c1-30-14-25-21-18(30)9-11-31(22(21)33)17-7-8-19(24-13-17)26-15-5-6-16(12-15)27-23-28-20-4-2-3-10-32(20)29-23/h2-4,7-11,13-16H,5-6,12H2,1H3,(H,24,26)(H,27,29)/t15-,16-/m0/s1. The maximum absolute atomic E-state index is 12.8. The number of rotatable bonds is 5. The van der Waals surface area contributed by atoms with E-state index < -0.39 is 0 Å². The van der Waals surface area contributed by atoms with Crippen LogP contribution in [0.3, 0.4) is 0 Å². The first-order valence-electron chi connectivity index (χ1n) is 11.0. The highest BCUT2D eigenvalue weighted by Crippen LogP contribution is 2.25. The second kappa shape index (κ2) is 7.73. The van der Waals surface area contributed by atoms with E-state index in [-0.39, 0.29) is 5.56 Å². The average Bonchev–Trinajstić information content (AvgIpc) is 3.54. The fraction of sp³-hybridized carbons (Fsp3) is 0.261. The van der Waals surface area contributed by atoms with Crippen LogP contribution < -0.4 is 16.2 Å². The molecule has 6 rings (SSSR count). The Morgan fingerprint density at radius 2 is 1.88 bits per heavy atom. The molecule has 1 aliphatic carbocycles. The SMILES string of the molecule is Cn1cnc2c(=O)n(-c3ccc(N[C@H]4CC[C@H](Nc5nc6ccccn6n5)C4)nc3)ccc21. The van der Waals surface area contributed by atoms with Crippen molar-refractivity contribution < 1.29 is 0 Å². The maximum Gasteiger partial charge on any atom is 0.283 e. The van der Waals surface area contributed by atoms with E-state index in [0.717, 1.165) is 36.2 Å². The lowest BCUT2D eigenvalue weighted by Crippen LogP contribution is -2.22. The summed E-state index contributed by atoms with van der Waals surface area (Å²) in [6.45, 7) is 0. The van der Waals surface area contributed by atoms with Crippen molar-refractivity contribution in [3.8, 4) is 5.69 Å². The highest BCUT2D eigenvalue weighted by atomic mass is 16.1. The lowest BCUT2D eigenvalue weighted by atomic mass is 10.2. The molecule has 5 aromatic rings. The molecule has 0 spiro atoms. The average molecular weight is 441 g/mol. The lowest BCUT2D eigenvalue weighted by Gasteiger charge is -2.15. The van der Waals surface area contributed by atoms with E-state index in [1.54, 1.807) is 27.8 Å². The number of nitrogens with one attached hydrogen (secondary N) is 2. The zero-order chi connectivity index (χ0) is 22.4. The smallest absolute Gasteiger partial charge is 0.283 e. The van der Waals surface area contributed by atoms with Crippen molar-refractivity contribution in [2.24, 2.45) is 7.05 Å². The summed E-state index contributed by atoms with van der Waals surface area (Å²) in [4.78, 5) is 26.1. The third kappa shape index (κ3) is 3.59. The Kier molecular flexibility index (Phi) is 4.56. The summed E-state index contributed by atoms with van der Waals surface area (Å²) in [6.07, 6.45) is 10.0. The van der Waals surface area contributed by atoms with Crippen molar-refractivity contribution >= 4 is 28.4 Å². The van der Waals surface area contributed by atoms with Crippen LogP contribution in [0.1, 0.15) is 19.3 Å². The van der Waals surface area contributed by atoms with Gasteiger partial charge < -0.3 is 15.2 Å². The van der Waals surface area contributed by atoms with E-state index in [1.165, 1.54) is 0 Å². The monoisotopic (exact) mass is 441 g/mol. The molecule has 0 aliphatic heterocycles. The van der Waals surface area contributed by atoms with Gasteiger partial charge in [0.05, 0.1) is 23.7 Å². The molecule has 0 unspecified atom stereocenters. The molecule has 1 saturated carbocycles. The van der Waals surface area contributed by atoms with Gasteiger partial charge in [0.25, 0.3) is 5.56 Å². The zero-order valence-corrected chi connectivity index (χ0v) is 18.1. The number of pyridine rings is 3. The number of imidazole rings is 1. The normalized spacial score (nSPS) is 18.2. The fourth-order valence-corrected chi connectivity index (χ4v) is 4.47. The molecule has 0 aromatic carbocycles. The molecule has 166 valence electrons. The summed E-state index contributed by atoms with van der Waals surface area (Å²) in [6, 6.07) is 12.1. The molecule has 0 amide bonds. The maximum atomic E-state index is 12.8. The molecule has 2 atom stereocenters. The summed E-state index contributed by atoms with van der Waals surface area (Å²) < 4.78 is 5.18. The van der Waals surface area contributed by atoms with E-state index in [1.807, 2.05) is 54.2 Å². The summed E-state index contributed by atoms with van der Waals surface area (Å²) in [5.41, 5.74) is 2.65. The number of anilines is 2. The largest absolute Gasteiger partial charge is 0.367 e. The van der Waals surface area contributed by atoms with Crippen LogP contribution >= 0.6 is 0 Å². The van der Waals surface area contributed by atoms with E-state index in [2.05, 4.69) is 30.7 Å². The van der Waals surface area contributed by atoms with Gasteiger partial charge in [-0.1, -0.05) is 6.07 Å². The molecule has 0 radical (unpaired) electrons. The minimum atomic E-state index is -0.152. The van der Waals surface area contributed by atoms with Gasteiger partial charge in [-0.2, -0.15) is 4.98 Å². The van der Waals surface area contributed by atoms with E-state index in [9.17, 15) is 4.79 Å². The second-order valence-corrected chi connectivity index (χ2v) is 8.42. The van der Waals surface area contributed by atoms with Crippen molar-refractivity contribution in [1.82, 2.24) is 33.7 Å². The Labute approximate surface area is 188 Å². The van der Waals surface area contributed by atoms with Crippen LogP contribution in [0.5, 0.6) is 0 Å². The minimum Gasteiger partial charge on any atom is -0.367 e. The van der Waals surface area contributed by atoms with Gasteiger partial charge in [-0.05, 0) is 49.6 Å². The number of fused-ring (bicyclic) bond motifs is 2. The zero-order valence-electron chi connectivity index (χ0n) is 18.1. The van der Waals surface area contributed by atoms with Gasteiger partial charge in [-0.3, -0.25) is 9.36 Å². The Bertz CT molecular complexity index is 1470. The molecule has 2 N–H and O–H groups in total. The van der Waals surface area contributed by atoms with E-state index in [4.69, 9.17) is 0 Å². The third-order valence-corrected chi connectivity index (χ3v) is 6.17. The molecule has 1 fully saturated rings. The van der Waals surface area contributed by atoms with Crippen molar-refractivity contribution in [3.63, 3.8) is 0 Å². The Balaban J connectivity index is 1.12. The molecule has 5 aromatic heterocycles. The van der Waals surface area contributed by atoms with Gasteiger partial charge in [0, 0.05) is 31.5 Å². The van der Waals surface area contributed by atoms with Gasteiger partial charge in [0.15, 0.2) is 11.2 Å². The molecule has 1 aliphatic rings. The van der Waals surface area contributed by atoms with Crippen LogP contribution in [0.15, 0.2) is 66.1 Å². The molecular weight excluding hydrogens is 418 g/mol. The van der Waals surface area contributed by atoms with Crippen molar-refractivity contribution in [2.75, 3.05) is 10.6 Å². The van der Waals surface area contributed by atoms with Gasteiger partial charge in [-0.25, -0.2) is 14.5 Å². The van der Waals surface area contributed by atoms with Crippen molar-refractivity contribution in [2.45, 2.75) is 31.3 Å². The first kappa shape index (κ1) is 19.5. The highest BCUT2D eigenvalue weighted by Gasteiger charge is 2.25. The van der Waals surface area contributed by atoms with Crippen LogP contribution in [-0.4, -0.2) is 45.8 Å². The second-order valence-electron chi connectivity index (χ2n) is 8.42. The number of nitrogens with zero attached hydrogens (tertiary/aromatic N) is 7. The third-order valence-electron chi connectivity index (χ3n) is 6.17. The van der Waals surface area contributed by atoms with Crippen LogP contribution in [0.2, 0.25) is 0 Å². The Morgan fingerprint density at radius 1 is 1.00 bits per heavy atom. The molecule has 33 heavy (non-hydrogen) atoms. The fourth-order valence-electron chi connectivity index (χ4n) is 4.47. The predicted molar refractivity (Wildman–Crippen MR) is 126 cm³/mol. The molecule has 0 bridgehead atoms. The van der Waals surface area contributed by atoms with Gasteiger partial charge >= 0.3 is 0 Å². The first-order valence-corrected chi connectivity index (χ1v) is 11.0. The van der Waals surface area contributed by atoms with Crippen LogP contribution in [-0.2, 0) is 7.05 Å². The minimum absolute atomic E-state index is 0.152. The van der Waals surface area contributed by atoms with Gasteiger partial charge in [0.1, 0.15) is 5.82 Å². The quantitative estimate of drug-likeness (QED) is 0.432. The lowest BCUT2D eigenvalue weighted by molar-refractivity contribution is 0.716. The molecular formula is C23H23N9O. The van der Waals surface area contributed by atoms with Crippen LogP contribution in [0, 0.1) is 0 Å². The first-order chi connectivity index (χ1) is 16.1.